The van der Waals surface area contributed by atoms with Gasteiger partial charge in [-0.2, -0.15) is 0 Å². The maximum Gasteiger partial charge on any atom is 0.340 e. The first-order valence-corrected chi connectivity index (χ1v) is 6.56. The third kappa shape index (κ3) is 5.99. The lowest BCUT2D eigenvalue weighted by atomic mass is 10.1. The Morgan fingerprint density at radius 2 is 1.95 bits per heavy atom. The number of nitrogen functional groups attached to an aromatic ring is 1. The summed E-state index contributed by atoms with van der Waals surface area (Å²) >= 11 is 0. The number of esters is 1. The third-order valence-corrected chi connectivity index (χ3v) is 2.53. The van der Waals surface area contributed by atoms with Crippen LogP contribution in [-0.2, 0) is 14.2 Å². The van der Waals surface area contributed by atoms with E-state index in [1.807, 2.05) is 0 Å². The number of methoxy groups -OCH3 is 1. The number of para-hydroxylation sites is 1. The first kappa shape index (κ1) is 17.2. The topological polar surface area (TPSA) is 100 Å². The fourth-order valence-corrected chi connectivity index (χ4v) is 1.52. The standard InChI is InChI=1S/C14H21NO6/c1-18-7-8-19-9-10-20-12-4-2-3-11(13(12)15)14(17)21-6-5-16/h2-4,16H,5-10,15H2,1H3. The number of carbonyl (C=O) groups excluding carboxylic acids is 1. The summed E-state index contributed by atoms with van der Waals surface area (Å²) in [6.45, 7) is 1.40. The minimum absolute atomic E-state index is 0.0727. The van der Waals surface area contributed by atoms with Crippen molar-refractivity contribution in [3.63, 3.8) is 0 Å². The lowest BCUT2D eigenvalue weighted by molar-refractivity contribution is 0.0434. The number of nitrogens with two attached hydrogens (primary N) is 1. The van der Waals surface area contributed by atoms with Gasteiger partial charge in [0.25, 0.3) is 0 Å². The number of rotatable bonds is 10. The van der Waals surface area contributed by atoms with Gasteiger partial charge in [0.2, 0.25) is 0 Å². The Kier molecular flexibility index (Phi) is 8.18. The van der Waals surface area contributed by atoms with Gasteiger partial charge in [-0.3, -0.25) is 0 Å². The van der Waals surface area contributed by atoms with Crippen LogP contribution in [0.2, 0.25) is 0 Å². The van der Waals surface area contributed by atoms with Crippen molar-refractivity contribution in [2.45, 2.75) is 0 Å². The van der Waals surface area contributed by atoms with E-state index >= 15 is 0 Å². The molecule has 0 unspecified atom stereocenters. The van der Waals surface area contributed by atoms with Crippen molar-refractivity contribution in [2.75, 3.05) is 52.5 Å². The Balaban J connectivity index is 2.50. The van der Waals surface area contributed by atoms with Crippen LogP contribution in [0.3, 0.4) is 0 Å². The van der Waals surface area contributed by atoms with E-state index in [9.17, 15) is 4.79 Å². The summed E-state index contributed by atoms with van der Waals surface area (Å²) in [5.74, 6) is -0.202. The fourth-order valence-electron chi connectivity index (χ4n) is 1.52. The number of hydrogen-bond acceptors (Lipinski definition) is 7. The molecule has 0 amide bonds. The SMILES string of the molecule is COCCOCCOc1cccc(C(=O)OCCO)c1N. The molecule has 7 heteroatoms. The minimum atomic E-state index is -0.594. The zero-order chi connectivity index (χ0) is 15.5. The highest BCUT2D eigenvalue weighted by Gasteiger charge is 2.14. The molecule has 0 fully saturated rings. The van der Waals surface area contributed by atoms with Gasteiger partial charge < -0.3 is 29.8 Å². The molecule has 3 N–H and O–H groups in total. The Morgan fingerprint density at radius 3 is 2.67 bits per heavy atom. The normalized spacial score (nSPS) is 10.4. The zero-order valence-corrected chi connectivity index (χ0v) is 12.0. The Bertz CT molecular complexity index is 437. The Labute approximate surface area is 123 Å². The van der Waals surface area contributed by atoms with Crippen LogP contribution >= 0.6 is 0 Å². The van der Waals surface area contributed by atoms with E-state index < -0.39 is 5.97 Å². The van der Waals surface area contributed by atoms with Crippen molar-refractivity contribution in [3.05, 3.63) is 23.8 Å². The lowest BCUT2D eigenvalue weighted by Gasteiger charge is -2.12. The summed E-state index contributed by atoms with van der Waals surface area (Å²) in [5, 5.41) is 8.63. The second-order valence-corrected chi connectivity index (χ2v) is 4.03. The van der Waals surface area contributed by atoms with Gasteiger partial charge in [-0.15, -0.1) is 0 Å². The van der Waals surface area contributed by atoms with Crippen molar-refractivity contribution in [1.82, 2.24) is 0 Å². The number of aliphatic hydroxyl groups is 1. The van der Waals surface area contributed by atoms with Gasteiger partial charge in [0.1, 0.15) is 19.0 Å². The highest BCUT2D eigenvalue weighted by atomic mass is 16.5. The number of anilines is 1. The lowest BCUT2D eigenvalue weighted by Crippen LogP contribution is -2.13. The molecule has 1 rings (SSSR count). The van der Waals surface area contributed by atoms with Crippen molar-refractivity contribution in [3.8, 4) is 5.75 Å². The molecule has 0 radical (unpaired) electrons. The average molecular weight is 299 g/mol. The summed E-state index contributed by atoms with van der Waals surface area (Å²) < 4.78 is 20.4. The highest BCUT2D eigenvalue weighted by molar-refractivity contribution is 5.96. The molecule has 0 aliphatic heterocycles. The van der Waals surface area contributed by atoms with Crippen molar-refractivity contribution < 1.29 is 28.8 Å². The molecule has 0 saturated carbocycles. The monoisotopic (exact) mass is 299 g/mol. The van der Waals surface area contributed by atoms with Gasteiger partial charge >= 0.3 is 5.97 Å². The quantitative estimate of drug-likeness (QED) is 0.368. The van der Waals surface area contributed by atoms with Crippen LogP contribution < -0.4 is 10.5 Å². The molecule has 1 aromatic carbocycles. The minimum Gasteiger partial charge on any atom is -0.489 e. The summed E-state index contributed by atoms with van der Waals surface area (Å²) in [4.78, 5) is 11.7. The van der Waals surface area contributed by atoms with Gasteiger partial charge in [-0.05, 0) is 12.1 Å². The van der Waals surface area contributed by atoms with E-state index in [4.69, 9.17) is 29.8 Å². The summed E-state index contributed by atoms with van der Waals surface area (Å²) in [7, 11) is 1.60. The van der Waals surface area contributed by atoms with Gasteiger partial charge in [-0.1, -0.05) is 6.07 Å². The van der Waals surface area contributed by atoms with Gasteiger partial charge in [0.05, 0.1) is 37.7 Å². The molecule has 0 aliphatic rings. The molecule has 0 atom stereocenters. The maximum absolute atomic E-state index is 11.7. The fraction of sp³-hybridized carbons (Fsp3) is 0.500. The van der Waals surface area contributed by atoms with Crippen molar-refractivity contribution in [2.24, 2.45) is 0 Å². The number of benzene rings is 1. The second kappa shape index (κ2) is 9.98. The second-order valence-electron chi connectivity index (χ2n) is 4.03. The largest absolute Gasteiger partial charge is 0.489 e. The Hall–Kier alpha value is -1.83. The van der Waals surface area contributed by atoms with Crippen molar-refractivity contribution >= 4 is 11.7 Å². The van der Waals surface area contributed by atoms with Crippen LogP contribution in [0.5, 0.6) is 5.75 Å². The first-order valence-electron chi connectivity index (χ1n) is 6.56. The molecular weight excluding hydrogens is 278 g/mol. The van der Waals surface area contributed by atoms with Crippen LogP contribution in [0.15, 0.2) is 18.2 Å². The molecule has 0 aromatic heterocycles. The Morgan fingerprint density at radius 1 is 1.19 bits per heavy atom. The van der Waals surface area contributed by atoms with Crippen LogP contribution in [0.1, 0.15) is 10.4 Å². The molecule has 0 bridgehead atoms. The summed E-state index contributed by atoms with van der Waals surface area (Å²) in [6.07, 6.45) is 0. The highest BCUT2D eigenvalue weighted by Crippen LogP contribution is 2.25. The number of hydrogen-bond donors (Lipinski definition) is 2. The van der Waals surface area contributed by atoms with E-state index in [0.717, 1.165) is 0 Å². The van der Waals surface area contributed by atoms with E-state index in [0.29, 0.717) is 32.2 Å². The third-order valence-electron chi connectivity index (χ3n) is 2.53. The molecule has 0 spiro atoms. The van der Waals surface area contributed by atoms with E-state index in [2.05, 4.69) is 0 Å². The number of carbonyl (C=O) groups is 1. The van der Waals surface area contributed by atoms with Gasteiger partial charge in [0, 0.05) is 7.11 Å². The summed E-state index contributed by atoms with van der Waals surface area (Å²) in [6, 6.07) is 4.84. The molecule has 0 aliphatic carbocycles. The van der Waals surface area contributed by atoms with Crippen molar-refractivity contribution in [1.29, 1.82) is 0 Å². The number of aliphatic hydroxyl groups excluding tert-OH is 1. The summed E-state index contributed by atoms with van der Waals surface area (Å²) in [5.41, 5.74) is 6.28. The van der Waals surface area contributed by atoms with E-state index in [1.54, 1.807) is 19.2 Å². The van der Waals surface area contributed by atoms with Crippen LogP contribution in [0, 0.1) is 0 Å². The molecule has 0 heterocycles. The molecule has 0 saturated heterocycles. The van der Waals surface area contributed by atoms with Crippen LogP contribution in [-0.4, -0.2) is 57.8 Å². The molecule has 21 heavy (non-hydrogen) atoms. The molecule has 1 aromatic rings. The average Bonchev–Trinajstić information content (AvgIpc) is 2.49. The predicted molar refractivity (Wildman–Crippen MR) is 76.4 cm³/mol. The zero-order valence-electron chi connectivity index (χ0n) is 12.0. The van der Waals surface area contributed by atoms with E-state index in [-0.39, 0.29) is 24.5 Å². The number of ether oxygens (including phenoxy) is 4. The van der Waals surface area contributed by atoms with Crippen LogP contribution in [0.4, 0.5) is 5.69 Å². The predicted octanol–water partition coefficient (Wildman–Crippen LogP) is 0.460. The van der Waals surface area contributed by atoms with Gasteiger partial charge in [-0.25, -0.2) is 4.79 Å². The van der Waals surface area contributed by atoms with E-state index in [1.165, 1.54) is 6.07 Å². The molecule has 118 valence electrons. The van der Waals surface area contributed by atoms with Gasteiger partial charge in [0.15, 0.2) is 0 Å². The maximum atomic E-state index is 11.7. The smallest absolute Gasteiger partial charge is 0.340 e. The molecular formula is C14H21NO6. The first-order chi connectivity index (χ1) is 10.2. The van der Waals surface area contributed by atoms with Crippen LogP contribution in [0.25, 0.3) is 0 Å². The molecule has 7 nitrogen and oxygen atoms in total.